The third kappa shape index (κ3) is 9.73. The first-order valence-corrected chi connectivity index (χ1v) is 34.0. The average molecular weight is 1200 g/mol. The number of hydrogen-bond donors (Lipinski definition) is 7. The molecule has 0 amide bonds. The molecule has 4 aromatic carbocycles. The number of carbonyl (C=O) groups excluding carboxylic acids is 1. The molecule has 13 nitrogen and oxygen atoms in total. The first-order chi connectivity index (χ1) is 42.0. The number of dihydropyridines is 1. The van der Waals surface area contributed by atoms with Crippen LogP contribution in [0.1, 0.15) is 139 Å². The monoisotopic (exact) mass is 1190 g/mol. The van der Waals surface area contributed by atoms with Gasteiger partial charge in [-0.05, 0) is 145 Å². The van der Waals surface area contributed by atoms with Crippen LogP contribution in [0.2, 0.25) is 0 Å². The Hall–Kier alpha value is -6.01. The number of phenolic OH excluding ortho intramolecular Hbond substituents is 2. The van der Waals surface area contributed by atoms with Crippen molar-refractivity contribution in [3.63, 3.8) is 0 Å². The van der Waals surface area contributed by atoms with Crippen LogP contribution in [0.4, 0.5) is 0 Å². The number of allylic oxidation sites excluding steroid dienone is 3. The first-order valence-electron chi connectivity index (χ1n) is 31.5. The lowest BCUT2D eigenvalue weighted by molar-refractivity contribution is -0.141. The SMILES string of the molecule is COCC1C2C#CC3C#CC4=C5C(=CC(N)N4)CCC(c4cccc(c4)C2)C5C2CCC4(Cc5cc(O)cc(OC)c5-c5ccc6c(c54)OC(c4c5c(c(O)c(c43)CNCC1CO)OC1CSSCC3CCCC(C3)NC1C=C5)C6COC(C)=O)C2. The molecule has 3 saturated carbocycles. The van der Waals surface area contributed by atoms with Crippen molar-refractivity contribution < 1.29 is 43.8 Å². The fourth-order valence-electron chi connectivity index (χ4n) is 17.9. The first kappa shape index (κ1) is 56.5. The minimum Gasteiger partial charge on any atom is -0.508 e. The molecule has 6 heterocycles. The van der Waals surface area contributed by atoms with Crippen LogP contribution in [-0.2, 0) is 39.1 Å². The average Bonchev–Trinajstić information content (AvgIpc) is 1.51. The molecule has 6 aliphatic heterocycles. The normalized spacial score (nSPS) is 33.2. The lowest BCUT2D eigenvalue weighted by atomic mass is 9.61. The van der Waals surface area contributed by atoms with Crippen LogP contribution < -0.4 is 35.9 Å². The Kier molecular flexibility index (Phi) is 15.0. The second kappa shape index (κ2) is 22.9. The summed E-state index contributed by atoms with van der Waals surface area (Å²) >= 11 is 0. The van der Waals surface area contributed by atoms with E-state index in [2.05, 4.69) is 94.3 Å². The van der Waals surface area contributed by atoms with E-state index in [1.807, 2.05) is 27.7 Å². The van der Waals surface area contributed by atoms with Gasteiger partial charge in [0.05, 0.1) is 37.5 Å². The number of aromatic hydroxyl groups is 2. The largest absolute Gasteiger partial charge is 0.508 e. The maximum atomic E-state index is 13.6. The fourth-order valence-corrected chi connectivity index (χ4v) is 20.5. The Morgan fingerprint density at radius 3 is 2.73 bits per heavy atom. The van der Waals surface area contributed by atoms with Gasteiger partial charge in [0.1, 0.15) is 42.0 Å². The fraction of sp³-hybridized carbons (Fsp3) is 0.507. The van der Waals surface area contributed by atoms with E-state index >= 15 is 0 Å². The molecular weight excluding hydrogens is 1120 g/mol. The van der Waals surface area contributed by atoms with E-state index < -0.39 is 35.5 Å². The van der Waals surface area contributed by atoms with Gasteiger partial charge in [0.15, 0.2) is 11.5 Å². The molecule has 15 atom stereocenters. The summed E-state index contributed by atoms with van der Waals surface area (Å²) in [6, 6.07) is 17.4. The molecule has 86 heavy (non-hydrogen) atoms. The van der Waals surface area contributed by atoms with Gasteiger partial charge in [-0.1, -0.05) is 94.3 Å². The van der Waals surface area contributed by atoms with Crippen LogP contribution in [0.15, 0.2) is 77.5 Å². The summed E-state index contributed by atoms with van der Waals surface area (Å²) in [6.07, 6.45) is 15.3. The number of aliphatic hydroxyl groups excluding tert-OH is 1. The number of carbonyl (C=O) groups is 1. The Bertz CT molecular complexity index is 3650. The highest BCUT2D eigenvalue weighted by atomic mass is 33.1. The number of rotatable bonds is 6. The molecule has 13 bridgehead atoms. The van der Waals surface area contributed by atoms with E-state index in [4.69, 9.17) is 29.4 Å². The van der Waals surface area contributed by atoms with Crippen molar-refractivity contribution in [3.8, 4) is 63.6 Å². The molecular formula is C71H78N4O9S2. The number of nitrogens with two attached hydrogens (primary N) is 1. The van der Waals surface area contributed by atoms with Crippen LogP contribution in [0.5, 0.6) is 28.7 Å². The molecule has 448 valence electrons. The van der Waals surface area contributed by atoms with Crippen molar-refractivity contribution in [2.75, 3.05) is 52.1 Å². The number of esters is 1. The summed E-state index contributed by atoms with van der Waals surface area (Å²) in [4.78, 5) is 13.4. The lowest BCUT2D eigenvalue weighted by Crippen LogP contribution is -2.49. The van der Waals surface area contributed by atoms with E-state index in [0.29, 0.717) is 71.9 Å². The Morgan fingerprint density at radius 1 is 0.977 bits per heavy atom. The van der Waals surface area contributed by atoms with E-state index in [1.54, 1.807) is 20.3 Å². The zero-order valence-electron chi connectivity index (χ0n) is 49.3. The third-order valence-corrected chi connectivity index (χ3v) is 24.1. The molecule has 1 saturated heterocycles. The minimum absolute atomic E-state index is 0.0134. The van der Waals surface area contributed by atoms with Crippen molar-refractivity contribution in [3.05, 3.63) is 128 Å². The van der Waals surface area contributed by atoms with E-state index in [0.717, 1.165) is 95.5 Å². The van der Waals surface area contributed by atoms with E-state index in [-0.39, 0.29) is 78.9 Å². The van der Waals surface area contributed by atoms with Gasteiger partial charge in [0, 0.05) is 114 Å². The maximum absolute atomic E-state index is 13.6. The minimum atomic E-state index is -0.837. The number of phenols is 2. The predicted molar refractivity (Wildman–Crippen MR) is 336 cm³/mol. The zero-order valence-corrected chi connectivity index (χ0v) is 51.0. The molecule has 0 aromatic heterocycles. The van der Waals surface area contributed by atoms with Gasteiger partial charge >= 0.3 is 5.97 Å². The van der Waals surface area contributed by atoms with Crippen molar-refractivity contribution in [1.29, 1.82) is 0 Å². The van der Waals surface area contributed by atoms with Gasteiger partial charge in [-0.15, -0.1) is 0 Å². The predicted octanol–water partition coefficient (Wildman–Crippen LogP) is 10.3. The zero-order chi connectivity index (χ0) is 58.5. The molecule has 4 fully saturated rings. The number of fused-ring (bicyclic) bond motifs is 14. The van der Waals surface area contributed by atoms with Crippen molar-refractivity contribution in [2.45, 2.75) is 138 Å². The van der Waals surface area contributed by atoms with Crippen molar-refractivity contribution >= 4 is 33.6 Å². The summed E-state index contributed by atoms with van der Waals surface area (Å²) in [6.45, 7) is 2.35. The molecule has 15 rings (SSSR count). The summed E-state index contributed by atoms with van der Waals surface area (Å²) in [5.74, 6) is 17.8. The number of ether oxygens (including phenoxy) is 5. The molecule has 0 radical (unpaired) electrons. The van der Waals surface area contributed by atoms with Gasteiger partial charge in [-0.25, -0.2) is 0 Å². The van der Waals surface area contributed by atoms with Crippen LogP contribution in [0.25, 0.3) is 17.2 Å². The highest BCUT2D eigenvalue weighted by Gasteiger charge is 2.55. The van der Waals surface area contributed by atoms with Gasteiger partial charge in [-0.2, -0.15) is 0 Å². The highest BCUT2D eigenvalue weighted by Crippen LogP contribution is 2.66. The van der Waals surface area contributed by atoms with Crippen LogP contribution in [-0.4, -0.2) is 97.7 Å². The standard InChI is InChI=1S/C71H78N4O9S2/c1-37(77)82-34-55-50-15-16-51-61-45(25-48(78)27-58(61)81-3)29-71-21-20-44(28-71)63-49-14-12-43-26-60(72)75-57(64(43)63)18-13-40-10-11-42(23-38-6-4-8-41(49)22-38)54(33-80-2)46(32-76)30-73-31-53-62(40)65(68(55)84-69(50)66(51)71)52-17-19-56-59(83-70(52)67(53)79)36-86-85-35-39-7-5-9-47(24-39)74-56/h4,6,8,15-17,19,22,25-27,39-40,42,44,46-47,49,54-56,59-60,63,68,73-76,78-79H,5,7,9,12,14,20-21,23-24,28-36,72H2,1-3H3. The lowest BCUT2D eigenvalue weighted by Gasteiger charge is -2.44. The summed E-state index contributed by atoms with van der Waals surface area (Å²) < 4.78 is 34.1. The van der Waals surface area contributed by atoms with E-state index in [9.17, 15) is 20.1 Å². The summed E-state index contributed by atoms with van der Waals surface area (Å²) in [5.41, 5.74) is 20.2. The second-order valence-corrected chi connectivity index (χ2v) is 29.0. The van der Waals surface area contributed by atoms with Gasteiger partial charge in [0.25, 0.3) is 0 Å². The number of methoxy groups -OCH3 is 2. The number of aliphatic hydroxyl groups is 1. The maximum Gasteiger partial charge on any atom is 0.302 e. The van der Waals surface area contributed by atoms with Gasteiger partial charge < -0.3 is 60.7 Å². The van der Waals surface area contributed by atoms with Crippen LogP contribution in [0.3, 0.4) is 0 Å². The summed E-state index contributed by atoms with van der Waals surface area (Å²) in [5, 5.41) is 48.2. The number of benzene rings is 4. The Morgan fingerprint density at radius 2 is 1.87 bits per heavy atom. The van der Waals surface area contributed by atoms with Crippen molar-refractivity contribution in [1.82, 2.24) is 16.0 Å². The van der Waals surface area contributed by atoms with E-state index in [1.165, 1.54) is 42.0 Å². The summed E-state index contributed by atoms with van der Waals surface area (Å²) in [7, 11) is 7.17. The number of nitrogens with one attached hydrogen (secondary N) is 3. The molecule has 1 spiro atoms. The Balaban J connectivity index is 1.06. The Labute approximate surface area is 512 Å². The quantitative estimate of drug-likeness (QED) is 0.0549. The molecule has 15 heteroatoms. The molecule has 11 aliphatic rings. The number of hydrogen-bond acceptors (Lipinski definition) is 15. The second-order valence-electron chi connectivity index (χ2n) is 26.5. The van der Waals surface area contributed by atoms with Crippen LogP contribution >= 0.6 is 21.6 Å². The van der Waals surface area contributed by atoms with Gasteiger partial charge in [-0.3, -0.25) is 4.79 Å². The topological polar surface area (TPSA) is 186 Å². The molecule has 15 unspecified atom stereocenters. The smallest absolute Gasteiger partial charge is 0.302 e. The van der Waals surface area contributed by atoms with Crippen molar-refractivity contribution in [2.24, 2.45) is 41.2 Å². The van der Waals surface area contributed by atoms with Gasteiger partial charge in [0.2, 0.25) is 0 Å². The van der Waals surface area contributed by atoms with Crippen LogP contribution in [0, 0.1) is 59.2 Å². The highest BCUT2D eigenvalue weighted by molar-refractivity contribution is 8.76. The molecule has 8 N–H and O–H groups in total. The molecule has 5 aliphatic carbocycles. The molecule has 4 aromatic rings. The third-order valence-electron chi connectivity index (χ3n) is 21.5.